The van der Waals surface area contributed by atoms with E-state index in [2.05, 4.69) is 33.4 Å². The van der Waals surface area contributed by atoms with Gasteiger partial charge in [-0.3, -0.25) is 0 Å². The number of ether oxygens (including phenoxy) is 1. The zero-order chi connectivity index (χ0) is 30.9. The fraction of sp³-hybridized carbons (Fsp3) is 0.472. The number of anilines is 1. The molecule has 3 unspecified atom stereocenters. The highest BCUT2D eigenvalue weighted by atomic mass is 19.1. The highest BCUT2D eigenvalue weighted by Crippen LogP contribution is 2.48. The fourth-order valence-electron chi connectivity index (χ4n) is 8.95. The maximum Gasteiger partial charge on any atom is 0.227 e. The van der Waals surface area contributed by atoms with Crippen LogP contribution in [-0.4, -0.2) is 78.5 Å². The molecule has 3 saturated heterocycles. The van der Waals surface area contributed by atoms with E-state index in [-0.39, 0.29) is 22.3 Å². The van der Waals surface area contributed by atoms with Crippen LogP contribution in [-0.2, 0) is 4.74 Å². The van der Waals surface area contributed by atoms with Crippen molar-refractivity contribution in [3.05, 3.63) is 59.2 Å². The molecule has 2 bridgehead atoms. The van der Waals surface area contributed by atoms with E-state index in [1.807, 2.05) is 6.07 Å². The maximum absolute atomic E-state index is 16.9. The number of hydrogen-bond donors (Lipinski definition) is 3. The van der Waals surface area contributed by atoms with Gasteiger partial charge in [-0.2, -0.15) is 0 Å². The average molecular weight is 612 g/mol. The topological polar surface area (TPSA) is 72.4 Å². The van der Waals surface area contributed by atoms with Crippen LogP contribution in [0.2, 0.25) is 0 Å². The summed E-state index contributed by atoms with van der Waals surface area (Å²) in [6.45, 7) is 3.26. The first-order valence-electron chi connectivity index (χ1n) is 16.3. The largest absolute Gasteiger partial charge is 0.508 e. The van der Waals surface area contributed by atoms with Crippen molar-refractivity contribution in [2.75, 3.05) is 38.6 Å². The normalized spacial score (nSPS) is 29.2. The molecule has 8 rings (SSSR count). The quantitative estimate of drug-likeness (QED) is 0.332. The van der Waals surface area contributed by atoms with Gasteiger partial charge in [0, 0.05) is 53.1 Å². The Morgan fingerprint density at radius 3 is 2.62 bits per heavy atom. The molecule has 0 spiro atoms. The molecule has 3 aromatic rings. The number of likely N-dealkylation sites (tertiary alicyclic amines) is 2. The highest BCUT2D eigenvalue weighted by Gasteiger charge is 2.47. The fourth-order valence-corrected chi connectivity index (χ4v) is 8.95. The molecule has 4 fully saturated rings. The van der Waals surface area contributed by atoms with E-state index in [9.17, 15) is 9.50 Å². The molecule has 5 aliphatic rings. The number of benzene rings is 3. The molecule has 45 heavy (non-hydrogen) atoms. The van der Waals surface area contributed by atoms with Crippen LogP contribution in [0.15, 0.2) is 41.4 Å². The van der Waals surface area contributed by atoms with Gasteiger partial charge in [-0.1, -0.05) is 24.5 Å². The number of phenolic OH excluding ortho intramolecular Hbond substituents is 1. The number of amidine groups is 1. The second-order valence-electron chi connectivity index (χ2n) is 13.7. The molecule has 7 nitrogen and oxygen atoms in total. The van der Waals surface area contributed by atoms with Crippen LogP contribution >= 0.6 is 0 Å². The minimum Gasteiger partial charge on any atom is -0.508 e. The lowest BCUT2D eigenvalue weighted by molar-refractivity contribution is -0.0468. The number of nitrogens with one attached hydrogen (secondary N) is 2. The zero-order valence-electron chi connectivity index (χ0n) is 25.6. The number of phenols is 1. The third-order valence-electron chi connectivity index (χ3n) is 11.0. The first-order chi connectivity index (χ1) is 21.8. The van der Waals surface area contributed by atoms with Gasteiger partial charge in [0.2, 0.25) is 6.35 Å². The van der Waals surface area contributed by atoms with Crippen molar-refractivity contribution in [3.63, 3.8) is 0 Å². The predicted octanol–water partition coefficient (Wildman–Crippen LogP) is 5.64. The van der Waals surface area contributed by atoms with E-state index in [4.69, 9.17) is 16.2 Å². The molecule has 234 valence electrons. The van der Waals surface area contributed by atoms with Crippen molar-refractivity contribution >= 4 is 22.3 Å². The summed E-state index contributed by atoms with van der Waals surface area (Å²) in [6, 6.07) is 10.6. The summed E-state index contributed by atoms with van der Waals surface area (Å²) in [5.41, 5.74) is 1.63. The zero-order valence-corrected chi connectivity index (χ0v) is 25.6. The molecule has 1 aliphatic carbocycles. The summed E-state index contributed by atoms with van der Waals surface area (Å²) < 4.78 is 38.4. The molecule has 1 saturated carbocycles. The molecule has 5 atom stereocenters. The Bertz CT molecular complexity index is 1740. The molecule has 0 amide bonds. The number of terminal acetylenes is 1. The summed E-state index contributed by atoms with van der Waals surface area (Å²) in [7, 11) is 2.22. The standard InChI is InChI=1S/C36H39F2N5O2/c1-3-25-29(37)12-7-21-16-24(44)17-28(31(21)25)26-10-11-27-33(32(26)38)40-35(41-34(27)43-18-22-8-9-23(19-43)39-22)45-20-36-13-4-6-30(36)42(2)15-5-14-36/h1,7,10-12,16-17,22-23,30,35,39-40,44H,4-6,8-9,13-15,18-20H2,2H3/t22?,23?,30-,35?,36-/m1/s1. The number of piperazine rings is 1. The second-order valence-corrected chi connectivity index (χ2v) is 13.7. The summed E-state index contributed by atoms with van der Waals surface area (Å²) in [5.74, 6) is 2.03. The van der Waals surface area contributed by atoms with Crippen LogP contribution in [0.25, 0.3) is 21.9 Å². The number of aliphatic imine (C=N–C) groups is 1. The monoisotopic (exact) mass is 611 g/mol. The molecular weight excluding hydrogens is 572 g/mol. The van der Waals surface area contributed by atoms with E-state index < -0.39 is 18.0 Å². The van der Waals surface area contributed by atoms with Crippen LogP contribution in [0.5, 0.6) is 5.75 Å². The van der Waals surface area contributed by atoms with Gasteiger partial charge >= 0.3 is 0 Å². The molecule has 3 aromatic carbocycles. The molecule has 4 aliphatic heterocycles. The molecule has 9 heteroatoms. The van der Waals surface area contributed by atoms with E-state index in [0.29, 0.717) is 52.3 Å². The number of halogens is 2. The van der Waals surface area contributed by atoms with Gasteiger partial charge < -0.3 is 30.3 Å². The Morgan fingerprint density at radius 1 is 1.04 bits per heavy atom. The van der Waals surface area contributed by atoms with Crippen molar-refractivity contribution in [1.29, 1.82) is 0 Å². The van der Waals surface area contributed by atoms with Gasteiger partial charge in [0.25, 0.3) is 0 Å². The summed E-state index contributed by atoms with van der Waals surface area (Å²) in [4.78, 5) is 9.84. The lowest BCUT2D eigenvalue weighted by atomic mass is 9.76. The minimum atomic E-state index is -0.757. The van der Waals surface area contributed by atoms with Crippen LogP contribution in [0.4, 0.5) is 14.5 Å². The van der Waals surface area contributed by atoms with Crippen molar-refractivity contribution in [3.8, 4) is 29.2 Å². The van der Waals surface area contributed by atoms with Gasteiger partial charge in [-0.15, -0.1) is 6.42 Å². The molecule has 0 aromatic heterocycles. The number of fused-ring (bicyclic) bond motifs is 5. The number of piperidine rings is 1. The average Bonchev–Trinajstić information content (AvgIpc) is 3.63. The van der Waals surface area contributed by atoms with Gasteiger partial charge in [0.05, 0.1) is 17.9 Å². The number of rotatable bonds is 4. The predicted molar refractivity (Wildman–Crippen MR) is 172 cm³/mol. The van der Waals surface area contributed by atoms with Gasteiger partial charge in [-0.25, -0.2) is 13.8 Å². The first-order valence-corrected chi connectivity index (χ1v) is 16.3. The third kappa shape index (κ3) is 4.77. The number of hydrogen-bond acceptors (Lipinski definition) is 7. The van der Waals surface area contributed by atoms with E-state index in [0.717, 1.165) is 57.6 Å². The number of aromatic hydroxyl groups is 1. The lowest BCUT2D eigenvalue weighted by Crippen LogP contribution is -2.54. The first kappa shape index (κ1) is 28.7. The Labute approximate surface area is 262 Å². The van der Waals surface area contributed by atoms with Crippen LogP contribution in [0.3, 0.4) is 0 Å². The van der Waals surface area contributed by atoms with Crippen molar-refractivity contribution < 1.29 is 18.6 Å². The minimum absolute atomic E-state index is 0.0372. The Kier molecular flexibility index (Phi) is 7.01. The Morgan fingerprint density at radius 2 is 1.82 bits per heavy atom. The summed E-state index contributed by atoms with van der Waals surface area (Å²) in [6.07, 6.45) is 13.0. The SMILES string of the molecule is C#Cc1c(F)ccc2cc(O)cc(-c3ccc4c(c3F)NC(OC[C@]35CCC[C@H]3N(C)CCC5)N=C4N3CC4CCC(C3)N4)c12. The third-order valence-corrected chi connectivity index (χ3v) is 11.0. The Balaban J connectivity index is 1.20. The van der Waals surface area contributed by atoms with E-state index in [1.165, 1.54) is 31.0 Å². The maximum atomic E-state index is 16.9. The van der Waals surface area contributed by atoms with Crippen LogP contribution in [0, 0.1) is 29.4 Å². The number of nitrogens with zero attached hydrogens (tertiary/aromatic N) is 3. The van der Waals surface area contributed by atoms with Crippen LogP contribution in [0.1, 0.15) is 56.1 Å². The van der Waals surface area contributed by atoms with Gasteiger partial charge in [0.1, 0.15) is 17.4 Å². The highest BCUT2D eigenvalue weighted by molar-refractivity contribution is 6.07. The van der Waals surface area contributed by atoms with E-state index in [1.54, 1.807) is 12.1 Å². The van der Waals surface area contributed by atoms with Gasteiger partial charge in [-0.05, 0) is 87.3 Å². The molecular formula is C36H39F2N5O2. The smallest absolute Gasteiger partial charge is 0.227 e. The Hall–Kier alpha value is -3.71. The molecule has 4 heterocycles. The second kappa shape index (κ2) is 11.0. The molecule has 0 radical (unpaired) electrons. The van der Waals surface area contributed by atoms with Crippen molar-refractivity contribution in [2.24, 2.45) is 10.4 Å². The molecule has 3 N–H and O–H groups in total. The lowest BCUT2D eigenvalue weighted by Gasteiger charge is -2.45. The summed E-state index contributed by atoms with van der Waals surface area (Å²) in [5, 5.41) is 18.5. The van der Waals surface area contributed by atoms with Gasteiger partial charge in [0.15, 0.2) is 5.82 Å². The van der Waals surface area contributed by atoms with Crippen molar-refractivity contribution in [1.82, 2.24) is 15.1 Å². The van der Waals surface area contributed by atoms with E-state index >= 15 is 4.39 Å². The summed E-state index contributed by atoms with van der Waals surface area (Å²) >= 11 is 0. The van der Waals surface area contributed by atoms with Crippen LogP contribution < -0.4 is 10.6 Å². The van der Waals surface area contributed by atoms with Crippen molar-refractivity contribution in [2.45, 2.75) is 69.4 Å².